The Morgan fingerprint density at radius 3 is 2.36 bits per heavy atom. The van der Waals surface area contributed by atoms with Crippen LogP contribution in [-0.2, 0) is 20.2 Å². The maximum atomic E-state index is 13.2. The molecule has 0 heterocycles. The van der Waals surface area contributed by atoms with E-state index >= 15 is 0 Å². The van der Waals surface area contributed by atoms with Gasteiger partial charge >= 0.3 is 0 Å². The summed E-state index contributed by atoms with van der Waals surface area (Å²) in [6.45, 7) is 5.70. The van der Waals surface area contributed by atoms with E-state index in [1.165, 1.54) is 6.07 Å². The maximum absolute atomic E-state index is 13.2. The highest BCUT2D eigenvalue weighted by Gasteiger charge is 2.18. The fourth-order valence-corrected chi connectivity index (χ4v) is 3.38. The molecule has 0 aliphatic rings. The predicted octanol–water partition coefficient (Wildman–Crippen LogP) is 3.28. The molecule has 0 unspecified atom stereocenters. The maximum Gasteiger partial charge on any atom is 0.240 e. The molecule has 0 aliphatic carbocycles. The number of hydrogen-bond acceptors (Lipinski definition) is 4. The van der Waals surface area contributed by atoms with Gasteiger partial charge in [-0.1, -0.05) is 26.8 Å². The summed E-state index contributed by atoms with van der Waals surface area (Å²) in [6.07, 6.45) is -0.220. The van der Waals surface area contributed by atoms with Crippen LogP contribution in [0.5, 0.6) is 5.75 Å². The van der Waals surface area contributed by atoms with Crippen molar-refractivity contribution in [1.29, 1.82) is 0 Å². The molecule has 2 aromatic rings. The minimum atomic E-state index is -4.09. The molecule has 0 saturated heterocycles. The lowest BCUT2D eigenvalue weighted by Crippen LogP contribution is -2.28. The van der Waals surface area contributed by atoms with Crippen molar-refractivity contribution < 1.29 is 27.1 Å². The number of rotatable bonds is 6. The van der Waals surface area contributed by atoms with E-state index in [1.807, 2.05) is 20.8 Å². The van der Waals surface area contributed by atoms with Gasteiger partial charge in [-0.25, -0.2) is 21.9 Å². The Bertz CT molecular complexity index is 986. The van der Waals surface area contributed by atoms with Crippen LogP contribution >= 0.6 is 0 Å². The highest BCUT2D eigenvalue weighted by molar-refractivity contribution is 7.89. The molecule has 0 spiro atoms. The Labute approximate surface area is 162 Å². The Morgan fingerprint density at radius 2 is 1.75 bits per heavy atom. The van der Waals surface area contributed by atoms with E-state index in [0.717, 1.165) is 11.6 Å². The zero-order valence-electron chi connectivity index (χ0n) is 15.7. The molecule has 9 heteroatoms. The quantitative estimate of drug-likeness (QED) is 0.635. The molecule has 2 aromatic carbocycles. The van der Waals surface area contributed by atoms with E-state index in [-0.39, 0.29) is 29.8 Å². The second kappa shape index (κ2) is 8.24. The molecular weight excluding hydrogens is 390 g/mol. The van der Waals surface area contributed by atoms with Gasteiger partial charge in [-0.3, -0.25) is 4.79 Å². The summed E-state index contributed by atoms with van der Waals surface area (Å²) in [5.41, 5.74) is 0.938. The van der Waals surface area contributed by atoms with Crippen LogP contribution in [-0.4, -0.2) is 26.0 Å². The summed E-state index contributed by atoms with van der Waals surface area (Å²) in [4.78, 5) is 11.6. The molecular formula is C19H22F2N2O4S. The molecule has 0 aliphatic heterocycles. The molecule has 0 saturated carbocycles. The molecule has 6 nitrogen and oxygen atoms in total. The first-order valence-corrected chi connectivity index (χ1v) is 9.96. The van der Waals surface area contributed by atoms with Crippen LogP contribution < -0.4 is 10.0 Å². The number of carbonyl (C=O) groups excluding carboxylic acids is 1. The van der Waals surface area contributed by atoms with Crippen molar-refractivity contribution in [3.63, 3.8) is 0 Å². The van der Waals surface area contributed by atoms with Crippen LogP contribution in [0.4, 0.5) is 14.5 Å². The lowest BCUT2D eigenvalue weighted by atomic mass is 9.87. The number of carbonyl (C=O) groups is 1. The van der Waals surface area contributed by atoms with Crippen LogP contribution in [0.15, 0.2) is 41.3 Å². The number of phenols is 1. The molecule has 2 rings (SSSR count). The monoisotopic (exact) mass is 412 g/mol. The largest absolute Gasteiger partial charge is 0.506 e. The second-order valence-corrected chi connectivity index (χ2v) is 9.02. The van der Waals surface area contributed by atoms with Crippen molar-refractivity contribution in [1.82, 2.24) is 4.72 Å². The Morgan fingerprint density at radius 1 is 1.07 bits per heavy atom. The zero-order valence-corrected chi connectivity index (χ0v) is 16.5. The molecule has 0 radical (unpaired) electrons. The normalized spacial score (nSPS) is 12.0. The highest BCUT2D eigenvalue weighted by Crippen LogP contribution is 2.30. The van der Waals surface area contributed by atoms with Gasteiger partial charge in [-0.15, -0.1) is 0 Å². The summed E-state index contributed by atoms with van der Waals surface area (Å²) in [5.74, 6) is -3.07. The lowest BCUT2D eigenvalue weighted by Gasteiger charge is -2.20. The number of hydrogen-bond donors (Lipinski definition) is 3. The molecule has 0 fully saturated rings. The van der Waals surface area contributed by atoms with Crippen LogP contribution in [0.3, 0.4) is 0 Å². The van der Waals surface area contributed by atoms with Gasteiger partial charge in [0.25, 0.3) is 0 Å². The molecule has 0 aromatic heterocycles. The smallest absolute Gasteiger partial charge is 0.240 e. The third-order valence-electron chi connectivity index (χ3n) is 3.98. The molecule has 3 N–H and O–H groups in total. The van der Waals surface area contributed by atoms with Crippen molar-refractivity contribution in [2.24, 2.45) is 0 Å². The van der Waals surface area contributed by atoms with Crippen molar-refractivity contribution >= 4 is 21.6 Å². The third kappa shape index (κ3) is 5.49. The first kappa shape index (κ1) is 21.8. The van der Waals surface area contributed by atoms with Crippen LogP contribution in [0.25, 0.3) is 0 Å². The Kier molecular flexibility index (Phi) is 6.41. The number of amides is 1. The number of nitrogens with one attached hydrogen (secondary N) is 2. The second-order valence-electron chi connectivity index (χ2n) is 7.25. The van der Waals surface area contributed by atoms with Gasteiger partial charge in [0.15, 0.2) is 11.6 Å². The Balaban J connectivity index is 1.98. The molecule has 152 valence electrons. The Hall–Kier alpha value is -2.52. The number of benzene rings is 2. The van der Waals surface area contributed by atoms with E-state index in [0.29, 0.717) is 12.1 Å². The highest BCUT2D eigenvalue weighted by atomic mass is 32.2. The fraction of sp³-hybridized carbons (Fsp3) is 0.316. The standard InChI is InChI=1S/C19H22F2N2O4S/c1-19(2,3)12-4-7-17(24)16(10-12)23-18(25)8-9-22-28(26,27)13-5-6-14(20)15(21)11-13/h4-7,10-11,22,24H,8-9H2,1-3H3,(H,23,25). The topological polar surface area (TPSA) is 95.5 Å². The number of phenolic OH excluding ortho intramolecular Hbond substituents is 1. The third-order valence-corrected chi connectivity index (χ3v) is 5.44. The summed E-state index contributed by atoms with van der Waals surface area (Å²) < 4.78 is 52.4. The molecule has 0 atom stereocenters. The van der Waals surface area contributed by atoms with Gasteiger partial charge in [0.2, 0.25) is 15.9 Å². The molecule has 1 amide bonds. The zero-order chi connectivity index (χ0) is 21.1. The van der Waals surface area contributed by atoms with Crippen LogP contribution in [0, 0.1) is 11.6 Å². The molecule has 28 heavy (non-hydrogen) atoms. The summed E-state index contributed by atoms with van der Waals surface area (Å²) in [6, 6.07) is 7.08. The number of sulfonamides is 1. The minimum absolute atomic E-state index is 0.108. The van der Waals surface area contributed by atoms with Gasteiger partial charge in [-0.2, -0.15) is 0 Å². The fourth-order valence-electron chi connectivity index (χ4n) is 2.34. The number of aromatic hydroxyl groups is 1. The number of anilines is 1. The summed E-state index contributed by atoms with van der Waals surface area (Å²) in [5, 5.41) is 12.4. The van der Waals surface area contributed by atoms with E-state index in [1.54, 1.807) is 12.1 Å². The minimum Gasteiger partial charge on any atom is -0.506 e. The van der Waals surface area contributed by atoms with E-state index in [2.05, 4.69) is 10.0 Å². The van der Waals surface area contributed by atoms with Crippen molar-refractivity contribution in [3.05, 3.63) is 53.6 Å². The van der Waals surface area contributed by atoms with Gasteiger partial charge in [-0.05, 0) is 41.3 Å². The van der Waals surface area contributed by atoms with E-state index in [9.17, 15) is 27.1 Å². The summed E-state index contributed by atoms with van der Waals surface area (Å²) >= 11 is 0. The SMILES string of the molecule is CC(C)(C)c1ccc(O)c(NC(=O)CCNS(=O)(=O)c2ccc(F)c(F)c2)c1. The van der Waals surface area contributed by atoms with Gasteiger partial charge in [0.1, 0.15) is 5.75 Å². The van der Waals surface area contributed by atoms with Crippen molar-refractivity contribution in [2.45, 2.75) is 37.5 Å². The lowest BCUT2D eigenvalue weighted by molar-refractivity contribution is -0.116. The van der Waals surface area contributed by atoms with Gasteiger partial charge in [0.05, 0.1) is 10.6 Å². The van der Waals surface area contributed by atoms with Crippen LogP contribution in [0.2, 0.25) is 0 Å². The predicted molar refractivity (Wildman–Crippen MR) is 102 cm³/mol. The molecule has 0 bridgehead atoms. The summed E-state index contributed by atoms with van der Waals surface area (Å²) in [7, 11) is -4.09. The first-order valence-electron chi connectivity index (χ1n) is 8.48. The van der Waals surface area contributed by atoms with Crippen molar-refractivity contribution in [3.8, 4) is 5.75 Å². The van der Waals surface area contributed by atoms with Crippen LogP contribution in [0.1, 0.15) is 32.8 Å². The first-order chi connectivity index (χ1) is 12.9. The van der Waals surface area contributed by atoms with E-state index in [4.69, 9.17) is 0 Å². The average molecular weight is 412 g/mol. The average Bonchev–Trinajstić information content (AvgIpc) is 2.58. The van der Waals surface area contributed by atoms with Gasteiger partial charge in [0, 0.05) is 13.0 Å². The van der Waals surface area contributed by atoms with Crippen molar-refractivity contribution in [2.75, 3.05) is 11.9 Å². The van der Waals surface area contributed by atoms with E-state index < -0.39 is 32.5 Å². The van der Waals surface area contributed by atoms with Gasteiger partial charge < -0.3 is 10.4 Å². The number of halogens is 2.